The number of esters is 1. The first-order chi connectivity index (χ1) is 6.15. The van der Waals surface area contributed by atoms with Gasteiger partial charge in [-0.1, -0.05) is 0 Å². The Morgan fingerprint density at radius 2 is 2.31 bits per heavy atom. The van der Waals surface area contributed by atoms with Crippen LogP contribution in [-0.4, -0.2) is 25.5 Å². The first-order valence-corrected chi connectivity index (χ1v) is 4.18. The van der Waals surface area contributed by atoms with Gasteiger partial charge in [-0.15, -0.1) is 0 Å². The molecule has 0 saturated carbocycles. The fourth-order valence-corrected chi connectivity index (χ4v) is 1.24. The highest BCUT2D eigenvalue weighted by Crippen LogP contribution is 2.15. The number of nitrogens with one attached hydrogen (secondary N) is 1. The first kappa shape index (κ1) is 9.77. The van der Waals surface area contributed by atoms with Crippen LogP contribution in [0.4, 0.5) is 0 Å². The molecule has 1 N–H and O–H groups in total. The van der Waals surface area contributed by atoms with Crippen molar-refractivity contribution in [2.24, 2.45) is 0 Å². The van der Waals surface area contributed by atoms with Crippen LogP contribution in [0, 0.1) is 0 Å². The van der Waals surface area contributed by atoms with Crippen LogP contribution >= 0.6 is 0 Å². The van der Waals surface area contributed by atoms with Crippen LogP contribution in [0.1, 0.15) is 19.8 Å². The molecule has 0 unspecified atom stereocenters. The fraction of sp³-hybridized carbons (Fsp3) is 0.556. The minimum Gasteiger partial charge on any atom is -0.469 e. The van der Waals surface area contributed by atoms with Gasteiger partial charge in [-0.3, -0.25) is 9.59 Å². The molecule has 4 heteroatoms. The van der Waals surface area contributed by atoms with E-state index < -0.39 is 0 Å². The highest BCUT2D eigenvalue weighted by Gasteiger charge is 2.18. The van der Waals surface area contributed by atoms with Gasteiger partial charge in [0, 0.05) is 18.5 Å². The van der Waals surface area contributed by atoms with E-state index in [1.54, 1.807) is 6.92 Å². The normalized spacial score (nSPS) is 16.0. The molecule has 72 valence electrons. The molecule has 0 atom stereocenters. The van der Waals surface area contributed by atoms with E-state index in [0.29, 0.717) is 19.4 Å². The third-order valence-electron chi connectivity index (χ3n) is 2.19. The van der Waals surface area contributed by atoms with Crippen LogP contribution < -0.4 is 5.32 Å². The molecule has 0 saturated heterocycles. The Hall–Kier alpha value is -1.32. The number of hydrogen-bond acceptors (Lipinski definition) is 3. The second kappa shape index (κ2) is 4.07. The zero-order valence-corrected chi connectivity index (χ0v) is 7.85. The maximum atomic E-state index is 11.0. The Kier molecular flexibility index (Phi) is 3.06. The third-order valence-corrected chi connectivity index (χ3v) is 2.19. The Labute approximate surface area is 76.9 Å². The van der Waals surface area contributed by atoms with Gasteiger partial charge in [-0.05, 0) is 18.9 Å². The quantitative estimate of drug-likeness (QED) is 0.644. The van der Waals surface area contributed by atoms with Crippen molar-refractivity contribution in [2.75, 3.05) is 13.7 Å². The van der Waals surface area contributed by atoms with Crippen LogP contribution in [-0.2, 0) is 14.3 Å². The summed E-state index contributed by atoms with van der Waals surface area (Å²) in [4.78, 5) is 21.8. The molecule has 0 aromatic rings. The van der Waals surface area contributed by atoms with E-state index in [0.717, 1.165) is 11.1 Å². The molecule has 1 aliphatic heterocycles. The molecular formula is C9H13NO3. The van der Waals surface area contributed by atoms with Crippen LogP contribution in [0.2, 0.25) is 0 Å². The van der Waals surface area contributed by atoms with Gasteiger partial charge in [0.2, 0.25) is 5.91 Å². The summed E-state index contributed by atoms with van der Waals surface area (Å²) >= 11 is 0. The van der Waals surface area contributed by atoms with Gasteiger partial charge in [-0.25, -0.2) is 0 Å². The lowest BCUT2D eigenvalue weighted by Gasteiger charge is -2.00. The van der Waals surface area contributed by atoms with Crippen molar-refractivity contribution in [1.29, 1.82) is 0 Å². The number of carbonyl (C=O) groups excluding carboxylic acids is 2. The topological polar surface area (TPSA) is 55.4 Å². The van der Waals surface area contributed by atoms with Crippen molar-refractivity contribution in [3.8, 4) is 0 Å². The summed E-state index contributed by atoms with van der Waals surface area (Å²) in [7, 11) is 1.36. The average Bonchev–Trinajstić information content (AvgIpc) is 2.44. The van der Waals surface area contributed by atoms with Crippen LogP contribution in [0.25, 0.3) is 0 Å². The predicted octanol–water partition coefficient (Wildman–Crippen LogP) is 0.386. The van der Waals surface area contributed by atoms with E-state index in [4.69, 9.17) is 0 Å². The molecular weight excluding hydrogens is 170 g/mol. The van der Waals surface area contributed by atoms with Crippen molar-refractivity contribution in [1.82, 2.24) is 5.32 Å². The van der Waals surface area contributed by atoms with Gasteiger partial charge in [0.1, 0.15) is 0 Å². The molecule has 0 aromatic heterocycles. The minimum absolute atomic E-state index is 0.0279. The summed E-state index contributed by atoms with van der Waals surface area (Å²) in [6, 6.07) is 0. The maximum Gasteiger partial charge on any atom is 0.305 e. The predicted molar refractivity (Wildman–Crippen MR) is 47.0 cm³/mol. The molecule has 0 aromatic carbocycles. The SMILES string of the molecule is COC(=O)CCC1=C(C)C(=O)NC1. The molecule has 0 fully saturated rings. The summed E-state index contributed by atoms with van der Waals surface area (Å²) < 4.78 is 4.51. The lowest BCUT2D eigenvalue weighted by Crippen LogP contribution is -2.16. The van der Waals surface area contributed by atoms with Crippen molar-refractivity contribution in [2.45, 2.75) is 19.8 Å². The third kappa shape index (κ3) is 2.31. The van der Waals surface area contributed by atoms with Crippen molar-refractivity contribution >= 4 is 11.9 Å². The van der Waals surface area contributed by atoms with Gasteiger partial charge in [0.25, 0.3) is 0 Å². The van der Waals surface area contributed by atoms with E-state index in [1.165, 1.54) is 7.11 Å². The average molecular weight is 183 g/mol. The van der Waals surface area contributed by atoms with Crippen molar-refractivity contribution < 1.29 is 14.3 Å². The first-order valence-electron chi connectivity index (χ1n) is 4.18. The van der Waals surface area contributed by atoms with E-state index in [9.17, 15) is 9.59 Å². The molecule has 1 amide bonds. The Morgan fingerprint density at radius 1 is 1.62 bits per heavy atom. The summed E-state index contributed by atoms with van der Waals surface area (Å²) in [5.74, 6) is -0.264. The van der Waals surface area contributed by atoms with Crippen molar-refractivity contribution in [3.05, 3.63) is 11.1 Å². The summed E-state index contributed by atoms with van der Waals surface area (Å²) in [5.41, 5.74) is 1.75. The number of carbonyl (C=O) groups is 2. The fourth-order valence-electron chi connectivity index (χ4n) is 1.24. The van der Waals surface area contributed by atoms with Crippen molar-refractivity contribution in [3.63, 3.8) is 0 Å². The number of rotatable bonds is 3. The molecule has 1 heterocycles. The maximum absolute atomic E-state index is 11.0. The minimum atomic E-state index is -0.236. The molecule has 13 heavy (non-hydrogen) atoms. The molecule has 0 bridgehead atoms. The smallest absolute Gasteiger partial charge is 0.305 e. The van der Waals surface area contributed by atoms with Gasteiger partial charge in [-0.2, -0.15) is 0 Å². The number of ether oxygens (including phenoxy) is 1. The molecule has 4 nitrogen and oxygen atoms in total. The Balaban J connectivity index is 2.46. The van der Waals surface area contributed by atoms with Gasteiger partial charge in [0.05, 0.1) is 7.11 Å². The largest absolute Gasteiger partial charge is 0.469 e. The molecule has 0 spiro atoms. The highest BCUT2D eigenvalue weighted by atomic mass is 16.5. The van der Waals surface area contributed by atoms with Crippen LogP contribution in [0.3, 0.4) is 0 Å². The summed E-state index contributed by atoms with van der Waals surface area (Å²) in [6.07, 6.45) is 0.954. The lowest BCUT2D eigenvalue weighted by atomic mass is 10.1. The number of hydrogen-bond donors (Lipinski definition) is 1. The van der Waals surface area contributed by atoms with E-state index in [2.05, 4.69) is 10.1 Å². The second-order valence-electron chi connectivity index (χ2n) is 2.99. The highest BCUT2D eigenvalue weighted by molar-refractivity contribution is 5.96. The lowest BCUT2D eigenvalue weighted by molar-refractivity contribution is -0.140. The van der Waals surface area contributed by atoms with Crippen LogP contribution in [0.5, 0.6) is 0 Å². The summed E-state index contributed by atoms with van der Waals surface area (Å²) in [6.45, 7) is 2.34. The van der Waals surface area contributed by atoms with Crippen LogP contribution in [0.15, 0.2) is 11.1 Å². The van der Waals surface area contributed by atoms with Gasteiger partial charge >= 0.3 is 5.97 Å². The zero-order valence-electron chi connectivity index (χ0n) is 7.85. The molecule has 1 aliphatic rings. The molecule has 1 rings (SSSR count). The summed E-state index contributed by atoms with van der Waals surface area (Å²) in [5, 5.41) is 2.70. The molecule has 0 aliphatic carbocycles. The second-order valence-corrected chi connectivity index (χ2v) is 2.99. The zero-order chi connectivity index (χ0) is 9.84. The van der Waals surface area contributed by atoms with E-state index >= 15 is 0 Å². The monoisotopic (exact) mass is 183 g/mol. The van der Waals surface area contributed by atoms with E-state index in [-0.39, 0.29) is 11.9 Å². The van der Waals surface area contributed by atoms with Gasteiger partial charge in [0.15, 0.2) is 0 Å². The van der Waals surface area contributed by atoms with E-state index in [1.807, 2.05) is 0 Å². The Morgan fingerprint density at radius 3 is 2.77 bits per heavy atom. The number of amides is 1. The molecule has 0 radical (unpaired) electrons. The van der Waals surface area contributed by atoms with Gasteiger partial charge < -0.3 is 10.1 Å². The standard InChI is InChI=1S/C9H13NO3/c1-6-7(5-10-9(6)12)3-4-8(11)13-2/h3-5H2,1-2H3,(H,10,12). The Bertz CT molecular complexity index is 268. The number of methoxy groups -OCH3 is 1.